The van der Waals surface area contributed by atoms with E-state index in [1.165, 1.54) is 5.56 Å². The number of hydrogen-bond donors (Lipinski definition) is 1. The Morgan fingerprint density at radius 1 is 1.11 bits per heavy atom. The quantitative estimate of drug-likeness (QED) is 0.292. The Morgan fingerprint density at radius 3 is 2.67 bits per heavy atom. The lowest BCUT2D eigenvalue weighted by Gasteiger charge is -2.38. The predicted octanol–water partition coefficient (Wildman–Crippen LogP) is 6.92. The maximum atomic E-state index is 11.6. The number of benzene rings is 2. The third-order valence-corrected chi connectivity index (χ3v) is 8.14. The Balaban J connectivity index is 1.32. The van der Waals surface area contributed by atoms with E-state index in [0.717, 1.165) is 80.4 Å². The van der Waals surface area contributed by atoms with Crippen LogP contribution in [0.1, 0.15) is 43.2 Å². The fourth-order valence-corrected chi connectivity index (χ4v) is 6.11. The zero-order valence-corrected chi connectivity index (χ0v) is 22.3. The van der Waals surface area contributed by atoms with E-state index >= 15 is 0 Å². The van der Waals surface area contributed by atoms with Gasteiger partial charge in [0.2, 0.25) is 0 Å². The van der Waals surface area contributed by atoms with Crippen LogP contribution in [0.5, 0.6) is 5.75 Å². The van der Waals surface area contributed by atoms with Gasteiger partial charge in [0, 0.05) is 34.6 Å². The highest BCUT2D eigenvalue weighted by Crippen LogP contribution is 2.32. The lowest BCUT2D eigenvalue weighted by molar-refractivity contribution is -0.139. The van der Waals surface area contributed by atoms with Gasteiger partial charge in [0.15, 0.2) is 0 Å². The number of aromatic nitrogens is 1. The number of carboxylic acid groups (broad SMARTS) is 1. The summed E-state index contributed by atoms with van der Waals surface area (Å²) in [5.41, 5.74) is 3.24. The van der Waals surface area contributed by atoms with Crippen LogP contribution in [-0.2, 0) is 17.6 Å². The minimum atomic E-state index is -0.707. The molecule has 1 N–H and O–H groups in total. The van der Waals surface area contributed by atoms with Gasteiger partial charge in [-0.05, 0) is 111 Å². The minimum Gasteiger partial charge on any atom is -0.497 e. The first kappa shape index (κ1) is 26.7. The lowest BCUT2D eigenvalue weighted by atomic mass is 9.79. The maximum absolute atomic E-state index is 11.6. The van der Waals surface area contributed by atoms with Crippen molar-refractivity contribution in [2.45, 2.75) is 44.9 Å². The molecule has 2 atom stereocenters. The highest BCUT2D eigenvalue weighted by Gasteiger charge is 2.30. The second-order valence-corrected chi connectivity index (χ2v) is 10.6. The van der Waals surface area contributed by atoms with Gasteiger partial charge in [0.1, 0.15) is 5.75 Å². The van der Waals surface area contributed by atoms with Crippen LogP contribution in [0.3, 0.4) is 0 Å². The molecule has 0 amide bonds. The molecule has 5 nitrogen and oxygen atoms in total. The second-order valence-electron chi connectivity index (χ2n) is 9.76. The fraction of sp³-hybridized carbons (Fsp3) is 0.448. The first-order chi connectivity index (χ1) is 17.4. The number of carboxylic acids is 1. The van der Waals surface area contributed by atoms with E-state index in [1.807, 2.05) is 36.5 Å². The van der Waals surface area contributed by atoms with Crippen molar-refractivity contribution in [3.8, 4) is 5.75 Å². The van der Waals surface area contributed by atoms with Gasteiger partial charge in [0.05, 0.1) is 12.6 Å². The lowest BCUT2D eigenvalue weighted by Crippen LogP contribution is -2.41. The molecule has 7 heteroatoms. The summed E-state index contributed by atoms with van der Waals surface area (Å²) in [4.78, 5) is 18.5. The number of fused-ring (bicyclic) bond motifs is 1. The van der Waals surface area contributed by atoms with Crippen molar-refractivity contribution in [1.82, 2.24) is 9.88 Å². The van der Waals surface area contributed by atoms with Crippen LogP contribution in [0.2, 0.25) is 10.0 Å². The number of ether oxygens (including phenoxy) is 1. The molecule has 2 aromatic carbocycles. The number of methoxy groups -OCH3 is 1. The van der Waals surface area contributed by atoms with Crippen LogP contribution in [0, 0.1) is 11.8 Å². The average Bonchev–Trinajstić information content (AvgIpc) is 2.86. The third-order valence-electron chi connectivity index (χ3n) is 7.44. The summed E-state index contributed by atoms with van der Waals surface area (Å²) in [7, 11) is 1.68. The van der Waals surface area contributed by atoms with Crippen LogP contribution in [0.4, 0.5) is 0 Å². The van der Waals surface area contributed by atoms with Crippen LogP contribution in [0.25, 0.3) is 10.9 Å². The summed E-state index contributed by atoms with van der Waals surface area (Å²) in [5, 5.41) is 12.1. The molecular weight excluding hydrogens is 495 g/mol. The van der Waals surface area contributed by atoms with Crippen molar-refractivity contribution in [2.75, 3.05) is 26.7 Å². The Hall–Kier alpha value is -2.34. The number of hydrogen-bond acceptors (Lipinski definition) is 4. The molecule has 192 valence electrons. The standard InChI is InChI=1S/C29H34Cl2N2O3/c1-36-23-10-11-28-25(18-23)21(12-14-32-28)6-2-5-20-13-16-33(19-22(20)17-29(34)35)15-4-7-24-26(30)8-3-9-27(24)31/h3,8-12,14,18,20,22H,2,4-7,13,15-17,19H2,1H3,(H,34,35)/t20-,22+/m1/s1. The number of rotatable bonds is 11. The molecule has 1 aliphatic heterocycles. The Kier molecular flexibility index (Phi) is 9.47. The van der Waals surface area contributed by atoms with Gasteiger partial charge in [-0.25, -0.2) is 0 Å². The zero-order chi connectivity index (χ0) is 25.5. The molecule has 0 bridgehead atoms. The number of nitrogens with zero attached hydrogens (tertiary/aromatic N) is 2. The molecule has 0 spiro atoms. The van der Waals surface area contributed by atoms with E-state index < -0.39 is 5.97 Å². The number of halogens is 2. The summed E-state index contributed by atoms with van der Waals surface area (Å²) >= 11 is 12.6. The van der Waals surface area contributed by atoms with E-state index in [1.54, 1.807) is 7.11 Å². The summed E-state index contributed by atoms with van der Waals surface area (Å²) in [6.45, 7) is 2.77. The van der Waals surface area contributed by atoms with E-state index in [0.29, 0.717) is 16.0 Å². The summed E-state index contributed by atoms with van der Waals surface area (Å²) in [6, 6.07) is 13.7. The van der Waals surface area contributed by atoms with Crippen molar-refractivity contribution < 1.29 is 14.6 Å². The van der Waals surface area contributed by atoms with E-state index in [2.05, 4.69) is 22.0 Å². The van der Waals surface area contributed by atoms with Crippen molar-refractivity contribution in [3.63, 3.8) is 0 Å². The van der Waals surface area contributed by atoms with Gasteiger partial charge < -0.3 is 14.7 Å². The number of aliphatic carboxylic acids is 1. The number of pyridine rings is 1. The Morgan fingerprint density at radius 2 is 1.92 bits per heavy atom. The highest BCUT2D eigenvalue weighted by atomic mass is 35.5. The smallest absolute Gasteiger partial charge is 0.303 e. The number of likely N-dealkylation sites (tertiary alicyclic amines) is 1. The molecule has 36 heavy (non-hydrogen) atoms. The van der Waals surface area contributed by atoms with E-state index in [-0.39, 0.29) is 12.3 Å². The molecule has 0 aliphatic carbocycles. The van der Waals surface area contributed by atoms with Crippen molar-refractivity contribution in [3.05, 3.63) is 69.8 Å². The largest absolute Gasteiger partial charge is 0.497 e. The molecule has 1 aliphatic rings. The highest BCUT2D eigenvalue weighted by molar-refractivity contribution is 6.35. The SMILES string of the molecule is COc1ccc2nccc(CCC[C@@H]3CCN(CCCc4c(Cl)cccc4Cl)C[C@@H]3CC(=O)O)c2c1. The van der Waals surface area contributed by atoms with E-state index in [4.69, 9.17) is 27.9 Å². The summed E-state index contributed by atoms with van der Waals surface area (Å²) in [6.07, 6.45) is 7.93. The number of aryl methyl sites for hydroxylation is 1. The van der Waals surface area contributed by atoms with Gasteiger partial charge in [-0.1, -0.05) is 29.3 Å². The van der Waals surface area contributed by atoms with Gasteiger partial charge in [-0.3, -0.25) is 9.78 Å². The molecule has 1 aromatic heterocycles. The third kappa shape index (κ3) is 6.90. The van der Waals surface area contributed by atoms with Gasteiger partial charge in [-0.15, -0.1) is 0 Å². The number of carbonyl (C=O) groups is 1. The molecule has 0 radical (unpaired) electrons. The van der Waals surface area contributed by atoms with Crippen molar-refractivity contribution >= 4 is 40.1 Å². The van der Waals surface area contributed by atoms with Crippen molar-refractivity contribution in [2.24, 2.45) is 11.8 Å². The van der Waals surface area contributed by atoms with Crippen LogP contribution < -0.4 is 4.74 Å². The monoisotopic (exact) mass is 528 g/mol. The van der Waals surface area contributed by atoms with Crippen LogP contribution in [-0.4, -0.2) is 47.7 Å². The van der Waals surface area contributed by atoms with Crippen molar-refractivity contribution in [1.29, 1.82) is 0 Å². The molecule has 0 unspecified atom stereocenters. The maximum Gasteiger partial charge on any atom is 0.303 e. The molecular formula is C29H34Cl2N2O3. The number of piperidine rings is 1. The fourth-order valence-electron chi connectivity index (χ4n) is 5.53. The Labute approximate surface area is 223 Å². The second kappa shape index (κ2) is 12.8. The zero-order valence-electron chi connectivity index (χ0n) is 20.8. The average molecular weight is 530 g/mol. The molecule has 3 aromatic rings. The first-order valence-corrected chi connectivity index (χ1v) is 13.5. The molecule has 1 fully saturated rings. The summed E-state index contributed by atoms with van der Waals surface area (Å²) < 4.78 is 5.40. The van der Waals surface area contributed by atoms with Crippen LogP contribution in [0.15, 0.2) is 48.7 Å². The van der Waals surface area contributed by atoms with Gasteiger partial charge >= 0.3 is 5.97 Å². The van der Waals surface area contributed by atoms with Gasteiger partial charge in [0.25, 0.3) is 0 Å². The van der Waals surface area contributed by atoms with Gasteiger partial charge in [-0.2, -0.15) is 0 Å². The normalized spacial score (nSPS) is 18.4. The topological polar surface area (TPSA) is 62.7 Å². The first-order valence-electron chi connectivity index (χ1n) is 12.7. The predicted molar refractivity (Wildman–Crippen MR) is 146 cm³/mol. The molecule has 1 saturated heterocycles. The minimum absolute atomic E-state index is 0.175. The molecule has 4 rings (SSSR count). The Bertz CT molecular complexity index is 1170. The van der Waals surface area contributed by atoms with Crippen LogP contribution >= 0.6 is 23.2 Å². The summed E-state index contributed by atoms with van der Waals surface area (Å²) in [5.74, 6) is 0.733. The molecule has 0 saturated carbocycles. The van der Waals surface area contributed by atoms with E-state index in [9.17, 15) is 9.90 Å². The molecule has 2 heterocycles.